The molecule has 0 unspecified atom stereocenters. The van der Waals surface area contributed by atoms with Gasteiger partial charge in [-0.2, -0.15) is 0 Å². The normalized spacial score (nSPS) is 11.4. The van der Waals surface area contributed by atoms with E-state index in [0.29, 0.717) is 38.9 Å². The Morgan fingerprint density at radius 2 is 1.91 bits per heavy atom. The Hall–Kier alpha value is -3.09. The number of halogens is 1. The molecule has 1 N–H and O–H groups in total. The Kier molecular flexibility index (Phi) is 7.33. The van der Waals surface area contributed by atoms with Gasteiger partial charge in [-0.15, -0.1) is 11.3 Å². The van der Waals surface area contributed by atoms with Gasteiger partial charge in [-0.3, -0.25) is 9.62 Å². The largest absolute Gasteiger partial charge is 0.497 e. The molecular weight excluding hydrogens is 502 g/mol. The van der Waals surface area contributed by atoms with E-state index in [1.165, 1.54) is 23.5 Å². The zero-order valence-corrected chi connectivity index (χ0v) is 22.1. The van der Waals surface area contributed by atoms with Gasteiger partial charge in [0.2, 0.25) is 0 Å². The number of pyridine rings is 1. The van der Waals surface area contributed by atoms with Crippen molar-refractivity contribution < 1.29 is 13.2 Å². The average molecular weight is 526 g/mol. The number of methoxy groups -OCH3 is 1. The molecule has 0 saturated heterocycles. The molecule has 6 nitrogen and oxygen atoms in total. The van der Waals surface area contributed by atoms with Crippen molar-refractivity contribution in [3.05, 3.63) is 70.2 Å². The monoisotopic (exact) mass is 525 g/mol. The van der Waals surface area contributed by atoms with Crippen molar-refractivity contribution in [2.24, 2.45) is 0 Å². The number of anilines is 1. The Bertz CT molecular complexity index is 1570. The maximum Gasteiger partial charge on any atom is 0.261 e. The van der Waals surface area contributed by atoms with Crippen LogP contribution in [0.25, 0.3) is 21.3 Å². The summed E-state index contributed by atoms with van der Waals surface area (Å²) in [5.74, 6) is 7.15. The van der Waals surface area contributed by atoms with Crippen LogP contribution in [-0.2, 0) is 10.0 Å². The van der Waals surface area contributed by atoms with Gasteiger partial charge in [-0.1, -0.05) is 41.6 Å². The molecule has 0 aliphatic carbocycles. The van der Waals surface area contributed by atoms with E-state index in [-0.39, 0.29) is 4.90 Å². The maximum atomic E-state index is 13.3. The van der Waals surface area contributed by atoms with E-state index in [1.54, 1.807) is 25.3 Å². The zero-order chi connectivity index (χ0) is 25.2. The molecule has 35 heavy (non-hydrogen) atoms. The number of fused-ring (bicyclic) bond motifs is 1. The molecule has 0 atom stereocenters. The predicted molar refractivity (Wildman–Crippen MR) is 144 cm³/mol. The molecule has 0 radical (unpaired) electrons. The summed E-state index contributed by atoms with van der Waals surface area (Å²) in [4.78, 5) is 8.26. The number of nitrogens with one attached hydrogen (secondary N) is 1. The van der Waals surface area contributed by atoms with Gasteiger partial charge in [-0.25, -0.2) is 13.4 Å². The van der Waals surface area contributed by atoms with Crippen molar-refractivity contribution >= 4 is 48.9 Å². The minimum absolute atomic E-state index is 0.0803. The molecule has 0 amide bonds. The number of hydrogen-bond acceptors (Lipinski definition) is 6. The van der Waals surface area contributed by atoms with Crippen molar-refractivity contribution in [2.75, 3.05) is 32.5 Å². The van der Waals surface area contributed by atoms with Crippen molar-refractivity contribution in [1.29, 1.82) is 0 Å². The van der Waals surface area contributed by atoms with E-state index in [4.69, 9.17) is 21.3 Å². The Labute approximate surface area is 214 Å². The van der Waals surface area contributed by atoms with E-state index in [9.17, 15) is 8.42 Å². The number of benzene rings is 2. The van der Waals surface area contributed by atoms with Gasteiger partial charge in [0, 0.05) is 21.7 Å². The number of aromatic nitrogens is 1. The lowest BCUT2D eigenvalue weighted by molar-refractivity contribution is 0.415. The number of rotatable bonds is 6. The standard InChI is InChI=1S/C26H24ClN3O3S2/c1-17-14-22(29-35(31,32)21-11-6-9-19(27)16-21)25-24(18-8-5-10-20(15-18)33-4)23(34-26(25)28-17)12-7-13-30(2)3/h5-6,8-11,14-16H,13H2,1-4H3,(H,28,29). The van der Waals surface area contributed by atoms with Gasteiger partial charge >= 0.3 is 0 Å². The first-order valence-corrected chi connectivity index (χ1v) is 13.4. The van der Waals surface area contributed by atoms with Crippen molar-refractivity contribution in [1.82, 2.24) is 9.88 Å². The highest BCUT2D eigenvalue weighted by atomic mass is 35.5. The molecule has 2 aromatic carbocycles. The average Bonchev–Trinajstić information content (AvgIpc) is 3.16. The van der Waals surface area contributed by atoms with Crippen LogP contribution in [0, 0.1) is 18.8 Å². The number of nitrogens with zero attached hydrogens (tertiary/aromatic N) is 2. The fourth-order valence-electron chi connectivity index (χ4n) is 3.56. The summed E-state index contributed by atoms with van der Waals surface area (Å²) >= 11 is 7.49. The third-order valence-electron chi connectivity index (χ3n) is 5.10. The SMILES string of the molecule is COc1cccc(-c2c(C#CCN(C)C)sc3nc(C)cc(NS(=O)(=O)c4cccc(Cl)c4)c23)c1. The summed E-state index contributed by atoms with van der Waals surface area (Å²) in [6.45, 7) is 2.42. The first kappa shape index (κ1) is 25.0. The number of thiophene rings is 1. The van der Waals surface area contributed by atoms with E-state index in [1.807, 2.05) is 50.2 Å². The number of sulfonamides is 1. The fraction of sp³-hybridized carbons (Fsp3) is 0.192. The summed E-state index contributed by atoms with van der Waals surface area (Å²) in [7, 11) is 1.62. The van der Waals surface area contributed by atoms with Crippen LogP contribution >= 0.6 is 22.9 Å². The van der Waals surface area contributed by atoms with Crippen LogP contribution in [0.1, 0.15) is 10.6 Å². The van der Waals surface area contributed by atoms with Crippen LogP contribution < -0.4 is 9.46 Å². The Balaban J connectivity index is 1.96. The highest BCUT2D eigenvalue weighted by Crippen LogP contribution is 2.43. The van der Waals surface area contributed by atoms with E-state index in [2.05, 4.69) is 16.6 Å². The van der Waals surface area contributed by atoms with Gasteiger partial charge in [0.25, 0.3) is 10.0 Å². The third-order valence-corrected chi connectivity index (χ3v) is 7.69. The fourth-order valence-corrected chi connectivity index (χ4v) is 6.06. The van der Waals surface area contributed by atoms with E-state index < -0.39 is 10.0 Å². The van der Waals surface area contributed by atoms with Crippen molar-refractivity contribution in [3.8, 4) is 28.7 Å². The quantitative estimate of drug-likeness (QED) is 0.329. The molecule has 4 rings (SSSR count). The second-order valence-electron chi connectivity index (χ2n) is 8.13. The molecule has 2 heterocycles. The van der Waals surface area contributed by atoms with Crippen LogP contribution in [0.5, 0.6) is 5.75 Å². The van der Waals surface area contributed by atoms with Gasteiger partial charge in [0.05, 0.1) is 29.1 Å². The second kappa shape index (κ2) is 10.3. The van der Waals surface area contributed by atoms with Crippen molar-refractivity contribution in [2.45, 2.75) is 11.8 Å². The van der Waals surface area contributed by atoms with E-state index >= 15 is 0 Å². The molecule has 9 heteroatoms. The Morgan fingerprint density at radius 3 is 2.63 bits per heavy atom. The van der Waals surface area contributed by atoms with Crippen LogP contribution in [0.4, 0.5) is 5.69 Å². The van der Waals surface area contributed by atoms with Crippen LogP contribution in [-0.4, -0.2) is 46.1 Å². The molecule has 0 fully saturated rings. The third kappa shape index (κ3) is 5.60. The lowest BCUT2D eigenvalue weighted by Gasteiger charge is -2.12. The molecule has 180 valence electrons. The van der Waals surface area contributed by atoms with E-state index in [0.717, 1.165) is 16.0 Å². The summed E-state index contributed by atoms with van der Waals surface area (Å²) in [6, 6.07) is 15.5. The number of ether oxygens (including phenoxy) is 1. The molecule has 4 aromatic rings. The van der Waals surface area contributed by atoms with Gasteiger partial charge in [0.15, 0.2) is 0 Å². The van der Waals surface area contributed by atoms with Gasteiger partial charge < -0.3 is 4.74 Å². The molecule has 0 aliphatic heterocycles. The molecule has 0 saturated carbocycles. The topological polar surface area (TPSA) is 71.5 Å². The second-order valence-corrected chi connectivity index (χ2v) is 11.2. The van der Waals surface area contributed by atoms with Gasteiger partial charge in [0.1, 0.15) is 10.6 Å². The van der Waals surface area contributed by atoms with Crippen LogP contribution in [0.3, 0.4) is 0 Å². The molecule has 0 bridgehead atoms. The van der Waals surface area contributed by atoms with Gasteiger partial charge in [-0.05, 0) is 63.0 Å². The highest BCUT2D eigenvalue weighted by Gasteiger charge is 2.22. The minimum Gasteiger partial charge on any atom is -0.497 e. The lowest BCUT2D eigenvalue weighted by Crippen LogP contribution is -2.13. The molecule has 0 spiro atoms. The van der Waals surface area contributed by atoms with Crippen LogP contribution in [0.15, 0.2) is 59.5 Å². The lowest BCUT2D eigenvalue weighted by atomic mass is 10.0. The number of aryl methyl sites for hydroxylation is 1. The zero-order valence-electron chi connectivity index (χ0n) is 19.7. The first-order chi connectivity index (χ1) is 16.7. The molecular formula is C26H24ClN3O3S2. The number of hydrogen-bond donors (Lipinski definition) is 1. The smallest absolute Gasteiger partial charge is 0.261 e. The molecule has 2 aromatic heterocycles. The summed E-state index contributed by atoms with van der Waals surface area (Å²) < 4.78 is 34.7. The predicted octanol–water partition coefficient (Wildman–Crippen LogP) is 5.65. The molecule has 0 aliphatic rings. The highest BCUT2D eigenvalue weighted by molar-refractivity contribution is 7.92. The summed E-state index contributed by atoms with van der Waals surface area (Å²) in [5, 5.41) is 1.03. The first-order valence-electron chi connectivity index (χ1n) is 10.7. The maximum absolute atomic E-state index is 13.3. The van der Waals surface area contributed by atoms with Crippen molar-refractivity contribution in [3.63, 3.8) is 0 Å². The summed E-state index contributed by atoms with van der Waals surface area (Å²) in [6.07, 6.45) is 0. The van der Waals surface area contributed by atoms with Crippen LogP contribution in [0.2, 0.25) is 5.02 Å². The summed E-state index contributed by atoms with van der Waals surface area (Å²) in [5.41, 5.74) is 2.79. The minimum atomic E-state index is -3.90. The Morgan fingerprint density at radius 1 is 1.14 bits per heavy atom.